The third kappa shape index (κ3) is 12.0. The third-order valence-corrected chi connectivity index (χ3v) is 12.0. The van der Waals surface area contributed by atoms with Crippen LogP contribution in [0.4, 0.5) is 34.1 Å². The number of azo groups is 2. The summed E-state index contributed by atoms with van der Waals surface area (Å²) >= 11 is 0. The first kappa shape index (κ1) is 57.2. The van der Waals surface area contributed by atoms with E-state index in [9.17, 15) is 62.1 Å². The molecule has 0 aromatic heterocycles. The summed E-state index contributed by atoms with van der Waals surface area (Å²) < 4.78 is 153. The fourth-order valence-electron chi connectivity index (χ4n) is 5.93. The number of phenolic OH excluding ortho intramolecular Hbond substituents is 2. The molecular formula is C34H24LiN6Na3O16S4. The van der Waals surface area contributed by atoms with Crippen molar-refractivity contribution in [2.45, 2.75) is 19.6 Å². The van der Waals surface area contributed by atoms with Crippen LogP contribution in [-0.4, -0.2) is 76.3 Å². The van der Waals surface area contributed by atoms with E-state index in [-0.39, 0.29) is 152 Å². The molecule has 0 atom stereocenters. The zero-order chi connectivity index (χ0) is 44.3. The Kier molecular flexibility index (Phi) is 19.1. The molecule has 22 nitrogen and oxygen atoms in total. The van der Waals surface area contributed by atoms with E-state index in [2.05, 4.69) is 20.5 Å². The van der Waals surface area contributed by atoms with Crippen LogP contribution in [0.25, 0.3) is 32.7 Å². The van der Waals surface area contributed by atoms with Gasteiger partial charge in [-0.2, -0.15) is 0 Å². The van der Waals surface area contributed by atoms with E-state index in [4.69, 9.17) is 20.9 Å². The number of hydrogen-bond donors (Lipinski definition) is 4. The summed E-state index contributed by atoms with van der Waals surface area (Å²) in [6.07, 6.45) is 0. The van der Waals surface area contributed by atoms with Gasteiger partial charge in [-0.1, -0.05) is 12.1 Å². The molecule has 0 heterocycles. The summed E-state index contributed by atoms with van der Waals surface area (Å²) in [5.41, 5.74) is 9.88. The molecule has 64 heavy (non-hydrogen) atoms. The van der Waals surface area contributed by atoms with Crippen LogP contribution >= 0.6 is 0 Å². The molecule has 0 unspecified atom stereocenters. The minimum Gasteiger partial charge on any atom is -0.744 e. The number of rotatable bonds is 11. The van der Waals surface area contributed by atoms with Crippen LogP contribution in [0.2, 0.25) is 0 Å². The average Bonchev–Trinajstić information content (AvgIpc) is 3.14. The molecule has 0 saturated carbocycles. The Morgan fingerprint density at radius 1 is 0.500 bits per heavy atom. The fourth-order valence-corrected chi connectivity index (χ4v) is 8.31. The topological polar surface area (TPSA) is 389 Å². The van der Waals surface area contributed by atoms with Crippen molar-refractivity contribution in [3.8, 4) is 34.1 Å². The van der Waals surface area contributed by atoms with E-state index in [1.807, 2.05) is 0 Å². The van der Waals surface area contributed by atoms with Crippen molar-refractivity contribution in [3.63, 3.8) is 0 Å². The minimum atomic E-state index is -5.40. The number of fused-ring (bicyclic) bond motifs is 2. The quantitative estimate of drug-likeness (QED) is 0.0405. The van der Waals surface area contributed by atoms with Crippen LogP contribution in [0.1, 0.15) is 0 Å². The monoisotopic (exact) mass is 976 g/mol. The van der Waals surface area contributed by atoms with Crippen molar-refractivity contribution < 1.29 is 179 Å². The Hall–Kier alpha value is -2.92. The molecule has 6 aromatic carbocycles. The van der Waals surface area contributed by atoms with Crippen LogP contribution in [0, 0.1) is 0 Å². The van der Waals surface area contributed by atoms with Crippen molar-refractivity contribution in [2.75, 3.05) is 25.7 Å². The zero-order valence-electron chi connectivity index (χ0n) is 34.1. The SMILES string of the molecule is COc1cc(-c2ccc(N=Nc3c(S(=O)(=O)[O-])cc4cc(S(=O)(=O)[O-])cc(N)c4c3O)c(OC)c2)ccc1N=Nc1c(S(=O)(=O)[O-])cc2cc(S(=O)(=O)[O-])cc(N)c2c1O.[Li+].[Na+].[Na+].[Na+]. The predicted octanol–water partition coefficient (Wildman–Crippen LogP) is -7.28. The number of methoxy groups -OCH3 is 2. The molecule has 0 aliphatic rings. The summed E-state index contributed by atoms with van der Waals surface area (Å²) in [7, 11) is -18.5. The largest absolute Gasteiger partial charge is 1.00 e. The third-order valence-electron chi connectivity index (χ3n) is 8.63. The van der Waals surface area contributed by atoms with Crippen molar-refractivity contribution >= 4 is 96.1 Å². The number of hydrogen-bond acceptors (Lipinski definition) is 22. The van der Waals surface area contributed by atoms with E-state index in [1.54, 1.807) is 0 Å². The number of nitrogens with two attached hydrogens (primary N) is 2. The number of ether oxygens (including phenoxy) is 2. The van der Waals surface area contributed by atoms with Crippen LogP contribution in [0.5, 0.6) is 23.0 Å². The van der Waals surface area contributed by atoms with Gasteiger partial charge >= 0.3 is 108 Å². The first-order valence-corrected chi connectivity index (χ1v) is 21.7. The van der Waals surface area contributed by atoms with Gasteiger partial charge in [0.15, 0.2) is 11.5 Å². The van der Waals surface area contributed by atoms with Crippen LogP contribution < -0.4 is 128 Å². The molecular weight excluding hydrogens is 953 g/mol. The van der Waals surface area contributed by atoms with E-state index in [0.29, 0.717) is 23.3 Å². The van der Waals surface area contributed by atoms with Gasteiger partial charge in [0.2, 0.25) is 0 Å². The summed E-state index contributed by atoms with van der Waals surface area (Å²) in [4.78, 5) is -3.93. The zero-order valence-corrected chi connectivity index (χ0v) is 43.4. The first-order chi connectivity index (χ1) is 27.8. The van der Waals surface area contributed by atoms with Gasteiger partial charge in [-0.05, 0) is 82.6 Å². The van der Waals surface area contributed by atoms with Crippen LogP contribution in [0.3, 0.4) is 0 Å². The number of benzene rings is 6. The van der Waals surface area contributed by atoms with E-state index >= 15 is 0 Å². The number of aromatic hydroxyl groups is 2. The molecule has 0 aliphatic carbocycles. The van der Waals surface area contributed by atoms with E-state index in [1.165, 1.54) is 50.6 Å². The molecule has 6 aromatic rings. The van der Waals surface area contributed by atoms with E-state index < -0.39 is 94.3 Å². The molecule has 0 bridgehead atoms. The molecule has 0 radical (unpaired) electrons. The molecule has 0 fully saturated rings. The van der Waals surface area contributed by atoms with Gasteiger partial charge in [0.05, 0.1) is 33.8 Å². The summed E-state index contributed by atoms with van der Waals surface area (Å²) in [6, 6.07) is 12.9. The minimum absolute atomic E-state index is 0. The number of anilines is 2. The van der Waals surface area contributed by atoms with Crippen molar-refractivity contribution in [1.29, 1.82) is 0 Å². The summed E-state index contributed by atoms with van der Waals surface area (Å²) in [5.74, 6) is -1.88. The van der Waals surface area contributed by atoms with Crippen molar-refractivity contribution in [1.82, 2.24) is 0 Å². The van der Waals surface area contributed by atoms with Crippen LogP contribution in [-0.2, 0) is 40.5 Å². The van der Waals surface area contributed by atoms with Gasteiger partial charge in [-0.25, -0.2) is 33.7 Å². The molecule has 314 valence electrons. The first-order valence-electron chi connectivity index (χ1n) is 16.1. The Balaban J connectivity index is 0.00000352. The maximum absolute atomic E-state index is 12.2. The maximum Gasteiger partial charge on any atom is 1.00 e. The van der Waals surface area contributed by atoms with Gasteiger partial charge in [0.25, 0.3) is 0 Å². The molecule has 30 heteroatoms. The van der Waals surface area contributed by atoms with Gasteiger partial charge in [0.1, 0.15) is 74.7 Å². The maximum atomic E-state index is 12.2. The summed E-state index contributed by atoms with van der Waals surface area (Å²) in [6.45, 7) is 0. The molecule has 0 aliphatic heterocycles. The second kappa shape index (κ2) is 21.4. The van der Waals surface area contributed by atoms with Gasteiger partial charge < -0.3 is 49.4 Å². The molecule has 0 spiro atoms. The average molecular weight is 977 g/mol. The Labute approximate surface area is 442 Å². The molecule has 0 amide bonds. The smallest absolute Gasteiger partial charge is 0.744 e. The Bertz CT molecular complexity index is 3140. The number of phenols is 2. The Morgan fingerprint density at radius 2 is 0.828 bits per heavy atom. The number of nitrogen functional groups attached to an aromatic ring is 2. The fraction of sp³-hybridized carbons (Fsp3) is 0.0588. The van der Waals surface area contributed by atoms with Crippen molar-refractivity contribution in [2.24, 2.45) is 20.5 Å². The molecule has 6 rings (SSSR count). The molecule has 6 N–H and O–H groups in total. The molecule has 0 saturated heterocycles. The standard InChI is InChI=1S/C34H28N6O16S4.Li.3Na/c1-55-25-9-15(3-5-23(25)37-39-31-27(59(49,50)51)11-17-7-19(57(43,44)45)13-21(35)29(17)33(31)41)16-4-6-24(26(10-16)56-2)38-40-32-28(60(52,53)54)12-18-8-20(58(46,47)48)14-22(36)30(18)34(32)42;;;;/h3-14,41-42H,35-36H2,1-2H3,(H,43,44,45)(H,46,47,48)(H,49,50,51)(H,52,53,54);;;;/q;4*+1/p-4. The van der Waals surface area contributed by atoms with Gasteiger partial charge in [-0.3, -0.25) is 0 Å². The summed E-state index contributed by atoms with van der Waals surface area (Å²) in [5, 5.41) is 36.0. The normalized spacial score (nSPS) is 12.0. The van der Waals surface area contributed by atoms with Gasteiger partial charge in [0, 0.05) is 22.1 Å². The second-order valence-corrected chi connectivity index (χ2v) is 17.8. The van der Waals surface area contributed by atoms with E-state index in [0.717, 1.165) is 24.3 Å². The number of nitrogens with zero attached hydrogens (tertiary/aromatic N) is 4. The Morgan fingerprint density at radius 3 is 1.11 bits per heavy atom. The van der Waals surface area contributed by atoms with Gasteiger partial charge in [-0.15, -0.1) is 20.5 Å². The predicted molar refractivity (Wildman–Crippen MR) is 205 cm³/mol. The van der Waals surface area contributed by atoms with Crippen molar-refractivity contribution in [3.05, 3.63) is 72.8 Å². The van der Waals surface area contributed by atoms with Crippen LogP contribution in [0.15, 0.2) is 113 Å². The second-order valence-electron chi connectivity index (χ2n) is 12.4.